The molecule has 4 aromatic rings. The van der Waals surface area contributed by atoms with Crippen LogP contribution in [0.15, 0.2) is 71.2 Å². The van der Waals surface area contributed by atoms with Crippen LogP contribution in [0.3, 0.4) is 0 Å². The molecule has 268 valence electrons. The highest BCUT2D eigenvalue weighted by molar-refractivity contribution is 6.32. The number of ether oxygens (including phenoxy) is 4. The molecule has 2 N–H and O–H groups in total. The van der Waals surface area contributed by atoms with Gasteiger partial charge in [-0.3, -0.25) is 14.6 Å². The first-order valence-corrected chi connectivity index (χ1v) is 16.0. The minimum atomic E-state index is -0.902. The van der Waals surface area contributed by atoms with E-state index in [0.29, 0.717) is 12.6 Å². The van der Waals surface area contributed by atoms with Crippen LogP contribution in [0.25, 0.3) is 11.1 Å². The minimum Gasteiger partial charge on any atom is -0.507 e. The average molecular weight is 741 g/mol. The Labute approximate surface area is 303 Å². The Morgan fingerprint density at radius 3 is 1.78 bits per heavy atom. The van der Waals surface area contributed by atoms with E-state index in [0.717, 1.165) is 27.8 Å². The fourth-order valence-electron chi connectivity index (χ4n) is 4.24. The van der Waals surface area contributed by atoms with Crippen molar-refractivity contribution in [2.45, 2.75) is 60.0 Å². The predicted molar refractivity (Wildman–Crippen MR) is 188 cm³/mol. The maximum atomic E-state index is 11.0. The van der Waals surface area contributed by atoms with Crippen molar-refractivity contribution in [1.29, 1.82) is 0 Å². The van der Waals surface area contributed by atoms with E-state index in [2.05, 4.69) is 24.7 Å². The number of aromatic hydroxyl groups is 2. The smallest absolute Gasteiger partial charge is 0.452 e. The van der Waals surface area contributed by atoms with Crippen molar-refractivity contribution >= 4 is 48.0 Å². The van der Waals surface area contributed by atoms with Gasteiger partial charge < -0.3 is 29.2 Å². The molecule has 0 bridgehead atoms. The number of aldehydes is 2. The van der Waals surface area contributed by atoms with Crippen molar-refractivity contribution in [3.05, 3.63) is 98.8 Å². The normalized spacial score (nSPS) is 10.8. The molecule has 0 saturated heterocycles. The van der Waals surface area contributed by atoms with E-state index in [1.165, 1.54) is 24.3 Å². The predicted octanol–water partition coefficient (Wildman–Crippen LogP) is 9.09. The van der Waals surface area contributed by atoms with Crippen molar-refractivity contribution in [2.24, 2.45) is 10.2 Å². The molecular weight excluding hydrogens is 705 g/mol. The van der Waals surface area contributed by atoms with Crippen molar-refractivity contribution in [2.75, 3.05) is 0 Å². The van der Waals surface area contributed by atoms with Gasteiger partial charge in [0.15, 0.2) is 12.6 Å². The second-order valence-electron chi connectivity index (χ2n) is 11.2. The summed E-state index contributed by atoms with van der Waals surface area (Å²) in [7, 11) is 0. The third-order valence-electron chi connectivity index (χ3n) is 6.63. The summed E-state index contributed by atoms with van der Waals surface area (Å²) in [5, 5.41) is 26.3. The Morgan fingerprint density at radius 1 is 0.784 bits per heavy atom. The van der Waals surface area contributed by atoms with Crippen molar-refractivity contribution < 1.29 is 48.3 Å². The molecule has 0 radical (unpaired) electrons. The van der Waals surface area contributed by atoms with Gasteiger partial charge in [-0.05, 0) is 69.5 Å². The van der Waals surface area contributed by atoms with Crippen molar-refractivity contribution in [3.8, 4) is 34.1 Å². The SMILES string of the molecule is CC(C)OC(=O)N=NC(=O)OC(C)C.Cc1c(COc2cc(O)c(C=O)cc2Cl)cccc1-c1cncc(COc2cc(O)c(C=O)cc2Cl)c1. The van der Waals surface area contributed by atoms with Crippen LogP contribution in [0.1, 0.15) is 65.1 Å². The number of phenols is 2. The molecule has 0 saturated carbocycles. The van der Waals surface area contributed by atoms with Crippen LogP contribution in [0.4, 0.5) is 9.59 Å². The zero-order valence-electron chi connectivity index (χ0n) is 28.3. The summed E-state index contributed by atoms with van der Waals surface area (Å²) in [6.07, 6.45) is 2.06. The summed E-state index contributed by atoms with van der Waals surface area (Å²) in [5.74, 6) is 0.0888. The maximum Gasteiger partial charge on any atom is 0.452 e. The molecule has 4 rings (SSSR count). The lowest BCUT2D eigenvalue weighted by molar-refractivity contribution is 0.111. The van der Waals surface area contributed by atoms with E-state index < -0.39 is 12.2 Å². The molecule has 1 aromatic heterocycles. The highest BCUT2D eigenvalue weighted by Gasteiger charge is 2.13. The lowest BCUT2D eigenvalue weighted by Gasteiger charge is -2.15. The van der Waals surface area contributed by atoms with E-state index in [4.69, 9.17) is 32.7 Å². The fourth-order valence-corrected chi connectivity index (χ4v) is 4.69. The van der Waals surface area contributed by atoms with Gasteiger partial charge in [-0.2, -0.15) is 0 Å². The van der Waals surface area contributed by atoms with Crippen LogP contribution < -0.4 is 9.47 Å². The number of nitrogens with zero attached hydrogens (tertiary/aromatic N) is 3. The summed E-state index contributed by atoms with van der Waals surface area (Å²) in [4.78, 5) is 47.8. The average Bonchev–Trinajstić information content (AvgIpc) is 3.08. The second-order valence-corrected chi connectivity index (χ2v) is 12.0. The molecular formula is C36H35Cl2N3O10. The van der Waals surface area contributed by atoms with Crippen LogP contribution in [0.2, 0.25) is 10.0 Å². The molecule has 51 heavy (non-hydrogen) atoms. The number of carbonyl (C=O) groups excluding carboxylic acids is 4. The van der Waals surface area contributed by atoms with E-state index in [1.54, 1.807) is 40.1 Å². The van der Waals surface area contributed by atoms with Gasteiger partial charge in [-0.1, -0.05) is 51.6 Å². The van der Waals surface area contributed by atoms with Gasteiger partial charge in [0, 0.05) is 35.7 Å². The summed E-state index contributed by atoms with van der Waals surface area (Å²) >= 11 is 12.3. The molecule has 13 nitrogen and oxygen atoms in total. The zero-order valence-corrected chi connectivity index (χ0v) is 29.8. The largest absolute Gasteiger partial charge is 0.507 e. The van der Waals surface area contributed by atoms with Gasteiger partial charge in [0.1, 0.15) is 36.2 Å². The standard InChI is InChI=1S/C28H21Cl2NO6.C8H14N2O4/c1-16-18(15-37-28-9-26(35)21(13-33)7-24(28)30)3-2-4-22(16)19-5-17(10-31-11-19)14-36-27-8-25(34)20(12-32)6-23(27)29;1-5(2)13-7(11)9-10-8(12)14-6(3)4/h2-13,34-35H,14-15H2,1H3;5-6H,1-4H3. The van der Waals surface area contributed by atoms with Crippen LogP contribution in [0.5, 0.6) is 23.0 Å². The van der Waals surface area contributed by atoms with Gasteiger partial charge in [0.05, 0.1) is 33.4 Å². The number of pyridine rings is 1. The number of phenolic OH excluding ortho intramolecular Hbond substituents is 2. The Bertz CT molecular complexity index is 1890. The number of hydrogen-bond donors (Lipinski definition) is 2. The first kappa shape index (κ1) is 39.9. The molecule has 0 fully saturated rings. The van der Waals surface area contributed by atoms with Gasteiger partial charge in [-0.25, -0.2) is 9.59 Å². The number of amides is 2. The maximum absolute atomic E-state index is 11.0. The number of aromatic nitrogens is 1. The van der Waals surface area contributed by atoms with Gasteiger partial charge in [0.25, 0.3) is 0 Å². The van der Waals surface area contributed by atoms with Crippen LogP contribution in [-0.4, -0.2) is 52.2 Å². The van der Waals surface area contributed by atoms with Crippen LogP contribution in [-0.2, 0) is 22.7 Å². The van der Waals surface area contributed by atoms with E-state index in [9.17, 15) is 29.4 Å². The van der Waals surface area contributed by atoms with Crippen LogP contribution in [0, 0.1) is 6.92 Å². The molecule has 0 aliphatic heterocycles. The van der Waals surface area contributed by atoms with Gasteiger partial charge in [-0.15, -0.1) is 0 Å². The number of rotatable bonds is 11. The highest BCUT2D eigenvalue weighted by atomic mass is 35.5. The molecule has 0 spiro atoms. The number of benzene rings is 3. The third kappa shape index (κ3) is 12.1. The number of halogens is 2. The van der Waals surface area contributed by atoms with E-state index in [-0.39, 0.29) is 69.6 Å². The molecule has 15 heteroatoms. The summed E-state index contributed by atoms with van der Waals surface area (Å²) in [5.41, 5.74) is 4.59. The molecule has 2 amide bonds. The second kappa shape index (κ2) is 19.0. The monoisotopic (exact) mass is 739 g/mol. The molecule has 0 unspecified atom stereocenters. The third-order valence-corrected chi connectivity index (χ3v) is 7.22. The lowest BCUT2D eigenvalue weighted by Crippen LogP contribution is -2.09. The molecule has 0 aliphatic rings. The van der Waals surface area contributed by atoms with Crippen molar-refractivity contribution in [3.63, 3.8) is 0 Å². The Balaban J connectivity index is 0.000000425. The molecule has 0 aliphatic carbocycles. The Morgan fingerprint density at radius 2 is 1.29 bits per heavy atom. The van der Waals surface area contributed by atoms with Gasteiger partial charge >= 0.3 is 12.2 Å². The quantitative estimate of drug-likeness (QED) is 0.110. The zero-order chi connectivity index (χ0) is 37.7. The van der Waals surface area contributed by atoms with E-state index in [1.807, 2.05) is 31.2 Å². The first-order valence-electron chi connectivity index (χ1n) is 15.3. The van der Waals surface area contributed by atoms with Crippen LogP contribution >= 0.6 is 23.2 Å². The van der Waals surface area contributed by atoms with Gasteiger partial charge in [0.2, 0.25) is 0 Å². The van der Waals surface area contributed by atoms with Crippen molar-refractivity contribution in [1.82, 2.24) is 4.98 Å². The first-order chi connectivity index (χ1) is 24.2. The summed E-state index contributed by atoms with van der Waals surface area (Å²) in [6, 6.07) is 13.0. The highest BCUT2D eigenvalue weighted by Crippen LogP contribution is 2.34. The Kier molecular flexibility index (Phi) is 14.9. The number of hydrogen-bond acceptors (Lipinski definition) is 11. The number of carbonyl (C=O) groups is 4. The summed E-state index contributed by atoms with van der Waals surface area (Å²) < 4.78 is 20.8. The molecule has 0 atom stereocenters. The molecule has 3 aromatic carbocycles. The molecule has 1 heterocycles. The topological polar surface area (TPSA) is 183 Å². The summed E-state index contributed by atoms with van der Waals surface area (Å²) in [6.45, 7) is 8.96. The minimum absolute atomic E-state index is 0.0809. The Hall–Kier alpha value is -5.53. The van der Waals surface area contributed by atoms with E-state index >= 15 is 0 Å². The lowest BCUT2D eigenvalue weighted by atomic mass is 9.97. The fraction of sp³-hybridized carbons (Fsp3) is 0.250. The number of azo groups is 1.